The second-order valence-electron chi connectivity index (χ2n) is 11.4. The van der Waals surface area contributed by atoms with Crippen LogP contribution in [0.25, 0.3) is 0 Å². The van der Waals surface area contributed by atoms with Crippen molar-refractivity contribution in [1.82, 2.24) is 10.6 Å². The van der Waals surface area contributed by atoms with Crippen LogP contribution in [-0.2, 0) is 0 Å². The van der Waals surface area contributed by atoms with Gasteiger partial charge in [0, 0.05) is 19.1 Å². The van der Waals surface area contributed by atoms with Gasteiger partial charge in [-0.05, 0) is 99.3 Å². The lowest BCUT2D eigenvalue weighted by molar-refractivity contribution is -0.211. The highest BCUT2D eigenvalue weighted by Crippen LogP contribution is 2.67. The van der Waals surface area contributed by atoms with Crippen molar-refractivity contribution in [3.8, 4) is 0 Å². The van der Waals surface area contributed by atoms with Crippen LogP contribution >= 0.6 is 0 Å². The number of aliphatic hydroxyl groups is 2. The first kappa shape index (κ1) is 22.8. The van der Waals surface area contributed by atoms with Crippen molar-refractivity contribution in [2.45, 2.75) is 97.3 Å². The molecule has 0 aromatic heterocycles. The molecule has 4 fully saturated rings. The fourth-order valence-electron chi connectivity index (χ4n) is 8.44. The SMILES string of the molecule is CC=C1CCC2C3C(CC[C@]12C)[C@@]1(C)CCC(NCCNCCC)CC1[C@@H](O)[C@@H]3O. The third-order valence-electron chi connectivity index (χ3n) is 10.1. The van der Waals surface area contributed by atoms with E-state index in [1.807, 2.05) is 0 Å². The molecule has 30 heavy (non-hydrogen) atoms. The Morgan fingerprint density at radius 1 is 0.967 bits per heavy atom. The van der Waals surface area contributed by atoms with Crippen molar-refractivity contribution < 1.29 is 10.2 Å². The molecular weight excluding hydrogens is 372 g/mol. The van der Waals surface area contributed by atoms with Crippen LogP contribution < -0.4 is 10.6 Å². The van der Waals surface area contributed by atoms with Crippen molar-refractivity contribution in [3.63, 3.8) is 0 Å². The van der Waals surface area contributed by atoms with Crippen LogP contribution in [0.4, 0.5) is 0 Å². The molecule has 5 unspecified atom stereocenters. The molecule has 0 spiro atoms. The normalized spacial score (nSPS) is 49.5. The van der Waals surface area contributed by atoms with Crippen LogP contribution in [0.5, 0.6) is 0 Å². The van der Waals surface area contributed by atoms with E-state index >= 15 is 0 Å². The molecule has 172 valence electrons. The van der Waals surface area contributed by atoms with Gasteiger partial charge in [-0.3, -0.25) is 0 Å². The first-order chi connectivity index (χ1) is 14.4. The van der Waals surface area contributed by atoms with E-state index < -0.39 is 12.2 Å². The fourth-order valence-corrected chi connectivity index (χ4v) is 8.44. The van der Waals surface area contributed by atoms with Crippen molar-refractivity contribution in [1.29, 1.82) is 0 Å². The van der Waals surface area contributed by atoms with E-state index in [-0.39, 0.29) is 22.7 Å². The second-order valence-corrected chi connectivity index (χ2v) is 11.4. The lowest BCUT2D eigenvalue weighted by Gasteiger charge is -2.63. The maximum absolute atomic E-state index is 11.4. The molecule has 4 saturated carbocycles. The van der Waals surface area contributed by atoms with Gasteiger partial charge in [0.25, 0.3) is 0 Å². The summed E-state index contributed by atoms with van der Waals surface area (Å²) in [6.07, 6.45) is 10.6. The van der Waals surface area contributed by atoms with E-state index in [1.165, 1.54) is 44.9 Å². The molecule has 0 radical (unpaired) electrons. The maximum Gasteiger partial charge on any atom is 0.0836 e. The minimum absolute atomic E-state index is 0.169. The van der Waals surface area contributed by atoms with E-state index in [0.717, 1.165) is 26.1 Å². The number of fused-ring (bicyclic) bond motifs is 5. The summed E-state index contributed by atoms with van der Waals surface area (Å²) in [6, 6.07) is 0.472. The standard InChI is InChI=1S/C26H46N2O2/c1-5-13-27-14-15-28-18-9-11-26(4)20-10-12-25(3)17(6-2)7-8-19(25)22(20)24(30)23(29)21(26)16-18/h6,18-24,27-30H,5,7-16H2,1-4H3/t18?,19?,20?,21?,22?,23-,24-,25-,26-/m1/s1. The molecule has 0 heterocycles. The molecule has 4 nitrogen and oxygen atoms in total. The van der Waals surface area contributed by atoms with Crippen LogP contribution in [0.1, 0.15) is 79.1 Å². The lowest BCUT2D eigenvalue weighted by Crippen LogP contribution is -2.64. The summed E-state index contributed by atoms with van der Waals surface area (Å²) >= 11 is 0. The molecule has 4 aliphatic rings. The predicted molar refractivity (Wildman–Crippen MR) is 123 cm³/mol. The van der Waals surface area contributed by atoms with Gasteiger partial charge in [-0.2, -0.15) is 0 Å². The molecule has 4 aliphatic carbocycles. The Hall–Kier alpha value is -0.420. The number of hydrogen-bond donors (Lipinski definition) is 4. The van der Waals surface area contributed by atoms with E-state index in [1.54, 1.807) is 5.57 Å². The molecule has 4 N–H and O–H groups in total. The van der Waals surface area contributed by atoms with Gasteiger partial charge in [0.15, 0.2) is 0 Å². The Labute approximate surface area is 184 Å². The summed E-state index contributed by atoms with van der Waals surface area (Å²) in [7, 11) is 0. The Morgan fingerprint density at radius 3 is 2.50 bits per heavy atom. The van der Waals surface area contributed by atoms with Crippen LogP contribution in [0.2, 0.25) is 0 Å². The van der Waals surface area contributed by atoms with Crippen molar-refractivity contribution in [2.75, 3.05) is 19.6 Å². The quantitative estimate of drug-likeness (QED) is 0.390. The lowest BCUT2D eigenvalue weighted by atomic mass is 9.43. The van der Waals surface area contributed by atoms with Crippen molar-refractivity contribution >= 4 is 0 Å². The number of nitrogens with one attached hydrogen (secondary N) is 2. The molecule has 0 aliphatic heterocycles. The molecule has 0 aromatic rings. The highest BCUT2D eigenvalue weighted by Gasteiger charge is 2.64. The highest BCUT2D eigenvalue weighted by molar-refractivity contribution is 5.25. The average Bonchev–Trinajstić information content (AvgIpc) is 3.08. The summed E-state index contributed by atoms with van der Waals surface area (Å²) in [4.78, 5) is 0. The van der Waals surface area contributed by atoms with E-state index in [9.17, 15) is 10.2 Å². The Balaban J connectivity index is 1.48. The maximum atomic E-state index is 11.4. The van der Waals surface area contributed by atoms with E-state index in [0.29, 0.717) is 17.9 Å². The summed E-state index contributed by atoms with van der Waals surface area (Å²) in [5, 5.41) is 30.0. The number of aliphatic hydroxyl groups excluding tert-OH is 2. The fraction of sp³-hybridized carbons (Fsp3) is 0.923. The Kier molecular flexibility index (Phi) is 6.71. The van der Waals surface area contributed by atoms with Crippen LogP contribution in [0, 0.1) is 34.5 Å². The average molecular weight is 419 g/mol. The van der Waals surface area contributed by atoms with Crippen LogP contribution in [0.3, 0.4) is 0 Å². The largest absolute Gasteiger partial charge is 0.390 e. The van der Waals surface area contributed by atoms with Gasteiger partial charge >= 0.3 is 0 Å². The van der Waals surface area contributed by atoms with Gasteiger partial charge in [0.1, 0.15) is 0 Å². The van der Waals surface area contributed by atoms with Crippen LogP contribution in [-0.4, -0.2) is 48.1 Å². The zero-order valence-electron chi connectivity index (χ0n) is 19.8. The summed E-state index contributed by atoms with van der Waals surface area (Å²) < 4.78 is 0. The summed E-state index contributed by atoms with van der Waals surface area (Å²) in [5.41, 5.74) is 2.01. The summed E-state index contributed by atoms with van der Waals surface area (Å²) in [6.45, 7) is 12.4. The highest BCUT2D eigenvalue weighted by atomic mass is 16.3. The zero-order chi connectivity index (χ0) is 21.5. The van der Waals surface area contributed by atoms with Gasteiger partial charge in [-0.25, -0.2) is 0 Å². The molecule has 0 saturated heterocycles. The predicted octanol–water partition coefficient (Wildman–Crippen LogP) is 3.87. The van der Waals surface area contributed by atoms with Gasteiger partial charge < -0.3 is 20.8 Å². The number of hydrogen-bond acceptors (Lipinski definition) is 4. The monoisotopic (exact) mass is 418 g/mol. The van der Waals surface area contributed by atoms with Gasteiger partial charge in [0.2, 0.25) is 0 Å². The third kappa shape index (κ3) is 3.60. The van der Waals surface area contributed by atoms with E-state index in [4.69, 9.17) is 0 Å². The van der Waals surface area contributed by atoms with Gasteiger partial charge in [-0.1, -0.05) is 32.4 Å². The Bertz CT molecular complexity index is 637. The first-order valence-electron chi connectivity index (χ1n) is 12.8. The Morgan fingerprint density at radius 2 is 1.77 bits per heavy atom. The second kappa shape index (κ2) is 8.84. The number of rotatable bonds is 6. The van der Waals surface area contributed by atoms with Crippen LogP contribution in [0.15, 0.2) is 11.6 Å². The molecule has 4 heteroatoms. The molecule has 0 amide bonds. The smallest absolute Gasteiger partial charge is 0.0836 e. The molecule has 9 atom stereocenters. The van der Waals surface area contributed by atoms with Crippen molar-refractivity contribution in [3.05, 3.63) is 11.6 Å². The number of allylic oxidation sites excluding steroid dienone is 2. The van der Waals surface area contributed by atoms with Gasteiger partial charge in [-0.15, -0.1) is 0 Å². The molecule has 0 aromatic carbocycles. The zero-order valence-corrected chi connectivity index (χ0v) is 19.8. The molecular formula is C26H46N2O2. The van der Waals surface area contributed by atoms with Crippen molar-refractivity contribution in [2.24, 2.45) is 34.5 Å². The third-order valence-corrected chi connectivity index (χ3v) is 10.1. The van der Waals surface area contributed by atoms with E-state index in [2.05, 4.69) is 44.4 Å². The van der Waals surface area contributed by atoms with Gasteiger partial charge in [0.05, 0.1) is 12.2 Å². The minimum atomic E-state index is -0.573. The molecule has 4 rings (SSSR count). The molecule has 0 bridgehead atoms. The minimum Gasteiger partial charge on any atom is -0.390 e. The topological polar surface area (TPSA) is 64.5 Å². The summed E-state index contributed by atoms with van der Waals surface area (Å²) in [5.74, 6) is 1.57. The first-order valence-corrected chi connectivity index (χ1v) is 12.8.